The van der Waals surface area contributed by atoms with Crippen LogP contribution in [0.4, 0.5) is 11.5 Å². The molecule has 3 rings (SSSR count). The molecular formula is C15H12ClN3O4S. The number of hydrogen-bond acceptors (Lipinski definition) is 5. The van der Waals surface area contributed by atoms with Gasteiger partial charge in [-0.25, -0.2) is 17.7 Å². The molecular weight excluding hydrogens is 354 g/mol. The Hall–Kier alpha value is -2.45. The van der Waals surface area contributed by atoms with Crippen molar-refractivity contribution in [1.82, 2.24) is 4.98 Å². The second-order valence-electron chi connectivity index (χ2n) is 5.06. The number of nitrogens with one attached hydrogen (secondary N) is 1. The van der Waals surface area contributed by atoms with E-state index >= 15 is 0 Å². The minimum absolute atomic E-state index is 0.0205. The zero-order chi connectivity index (χ0) is 17.3. The number of halogens is 1. The maximum atomic E-state index is 12.3. The number of carbonyl (C=O) groups excluding carboxylic acids is 2. The Morgan fingerprint density at radius 1 is 1.25 bits per heavy atom. The molecule has 1 fully saturated rings. The molecule has 1 saturated heterocycles. The lowest BCUT2D eigenvalue weighted by molar-refractivity contribution is -0.116. The summed E-state index contributed by atoms with van der Waals surface area (Å²) in [6.45, 7) is 0. The van der Waals surface area contributed by atoms with Gasteiger partial charge in [0.25, 0.3) is 5.91 Å². The maximum absolute atomic E-state index is 12.3. The van der Waals surface area contributed by atoms with Gasteiger partial charge in [-0.05, 0) is 30.3 Å². The van der Waals surface area contributed by atoms with E-state index in [0.717, 1.165) is 0 Å². The van der Waals surface area contributed by atoms with Crippen LogP contribution < -0.4 is 9.62 Å². The number of anilines is 2. The van der Waals surface area contributed by atoms with Crippen molar-refractivity contribution in [1.29, 1.82) is 0 Å². The summed E-state index contributed by atoms with van der Waals surface area (Å²) < 4.78 is 24.7. The van der Waals surface area contributed by atoms with E-state index in [2.05, 4.69) is 10.3 Å². The lowest BCUT2D eigenvalue weighted by atomic mass is 10.2. The predicted octanol–water partition coefficient (Wildman–Crippen LogP) is 2.05. The molecule has 0 aliphatic carbocycles. The van der Waals surface area contributed by atoms with Crippen LogP contribution in [-0.2, 0) is 14.8 Å². The van der Waals surface area contributed by atoms with E-state index < -0.39 is 21.8 Å². The SMILES string of the molecule is O=C(Nc1ccccn1)c1ccc(Cl)c(N2C(=O)CCS2(=O)=O)c1. The lowest BCUT2D eigenvalue weighted by Gasteiger charge is -2.17. The zero-order valence-electron chi connectivity index (χ0n) is 12.3. The van der Waals surface area contributed by atoms with Crippen molar-refractivity contribution >= 4 is 44.9 Å². The molecule has 0 radical (unpaired) electrons. The van der Waals surface area contributed by atoms with Crippen molar-refractivity contribution in [3.8, 4) is 0 Å². The summed E-state index contributed by atoms with van der Waals surface area (Å²) in [5.41, 5.74) is 0.141. The van der Waals surface area contributed by atoms with Crippen LogP contribution in [0.1, 0.15) is 16.8 Å². The quantitative estimate of drug-likeness (QED) is 0.897. The van der Waals surface area contributed by atoms with Crippen molar-refractivity contribution in [3.63, 3.8) is 0 Å². The van der Waals surface area contributed by atoms with Crippen LogP contribution in [0.15, 0.2) is 42.6 Å². The third-order valence-electron chi connectivity index (χ3n) is 3.41. The number of amides is 2. The van der Waals surface area contributed by atoms with Gasteiger partial charge in [0.2, 0.25) is 15.9 Å². The molecule has 124 valence electrons. The van der Waals surface area contributed by atoms with Crippen LogP contribution in [0.25, 0.3) is 0 Å². The molecule has 0 spiro atoms. The summed E-state index contributed by atoms with van der Waals surface area (Å²) in [6.07, 6.45) is 1.42. The van der Waals surface area contributed by atoms with Crippen LogP contribution in [0, 0.1) is 0 Å². The fourth-order valence-electron chi connectivity index (χ4n) is 2.28. The van der Waals surface area contributed by atoms with Crippen molar-refractivity contribution in [2.45, 2.75) is 6.42 Å². The minimum atomic E-state index is -3.76. The Labute approximate surface area is 143 Å². The standard InChI is InChI=1S/C15H12ClN3O4S/c16-11-5-4-10(15(21)18-13-3-1-2-7-17-13)9-12(11)19-14(20)6-8-24(19,22)23/h1-5,7,9H,6,8H2,(H,17,18,21). The third-order valence-corrected chi connectivity index (χ3v) is 5.41. The number of hydrogen-bond donors (Lipinski definition) is 1. The highest BCUT2D eigenvalue weighted by Crippen LogP contribution is 2.32. The first-order valence-electron chi connectivity index (χ1n) is 6.96. The van der Waals surface area contributed by atoms with E-state index in [1.807, 2.05) is 0 Å². The molecule has 0 bridgehead atoms. The molecule has 1 N–H and O–H groups in total. The van der Waals surface area contributed by atoms with Gasteiger partial charge in [-0.15, -0.1) is 0 Å². The number of nitrogens with zero attached hydrogens (tertiary/aromatic N) is 2. The second-order valence-corrected chi connectivity index (χ2v) is 7.40. The third kappa shape index (κ3) is 3.10. The monoisotopic (exact) mass is 365 g/mol. The highest BCUT2D eigenvalue weighted by Gasteiger charge is 2.37. The van der Waals surface area contributed by atoms with Gasteiger partial charge >= 0.3 is 0 Å². The lowest BCUT2D eigenvalue weighted by Crippen LogP contribution is -2.30. The van der Waals surface area contributed by atoms with Gasteiger partial charge < -0.3 is 5.32 Å². The Balaban J connectivity index is 1.95. The van der Waals surface area contributed by atoms with Crippen molar-refractivity contribution in [3.05, 3.63) is 53.2 Å². The molecule has 0 unspecified atom stereocenters. The van der Waals surface area contributed by atoms with Crippen molar-refractivity contribution < 1.29 is 18.0 Å². The fourth-order valence-corrected chi connectivity index (χ4v) is 4.00. The highest BCUT2D eigenvalue weighted by molar-refractivity contribution is 7.94. The molecule has 1 aliphatic rings. The Kier molecular flexibility index (Phi) is 4.25. The zero-order valence-corrected chi connectivity index (χ0v) is 13.8. The smallest absolute Gasteiger partial charge is 0.256 e. The first kappa shape index (κ1) is 16.4. The van der Waals surface area contributed by atoms with Gasteiger partial charge in [-0.3, -0.25) is 9.59 Å². The summed E-state index contributed by atoms with van der Waals surface area (Å²) in [4.78, 5) is 28.2. The van der Waals surface area contributed by atoms with E-state index in [0.29, 0.717) is 10.1 Å². The van der Waals surface area contributed by atoms with E-state index in [-0.39, 0.29) is 28.4 Å². The Bertz CT molecular complexity index is 916. The molecule has 2 amide bonds. The Morgan fingerprint density at radius 2 is 2.04 bits per heavy atom. The largest absolute Gasteiger partial charge is 0.307 e. The van der Waals surface area contributed by atoms with Crippen LogP contribution in [0.5, 0.6) is 0 Å². The van der Waals surface area contributed by atoms with E-state index in [4.69, 9.17) is 11.6 Å². The molecule has 2 heterocycles. The van der Waals surface area contributed by atoms with Gasteiger partial charge in [-0.2, -0.15) is 0 Å². The number of sulfonamides is 1. The summed E-state index contributed by atoms with van der Waals surface area (Å²) in [5.74, 6) is -0.981. The normalized spacial score (nSPS) is 16.2. The summed E-state index contributed by atoms with van der Waals surface area (Å²) in [6, 6.07) is 9.14. The number of pyridine rings is 1. The van der Waals surface area contributed by atoms with E-state index in [1.165, 1.54) is 24.4 Å². The molecule has 7 nitrogen and oxygen atoms in total. The molecule has 1 aromatic heterocycles. The predicted molar refractivity (Wildman–Crippen MR) is 89.5 cm³/mol. The number of rotatable bonds is 3. The van der Waals surface area contributed by atoms with Gasteiger partial charge in [-0.1, -0.05) is 17.7 Å². The topological polar surface area (TPSA) is 96.4 Å². The van der Waals surface area contributed by atoms with E-state index in [1.54, 1.807) is 18.2 Å². The second kappa shape index (κ2) is 6.21. The summed E-state index contributed by atoms with van der Waals surface area (Å²) in [7, 11) is -3.76. The molecule has 24 heavy (non-hydrogen) atoms. The van der Waals surface area contributed by atoms with Crippen molar-refractivity contribution in [2.24, 2.45) is 0 Å². The minimum Gasteiger partial charge on any atom is -0.307 e. The molecule has 2 aromatic rings. The first-order chi connectivity index (χ1) is 11.4. The van der Waals surface area contributed by atoms with Gasteiger partial charge in [0.15, 0.2) is 0 Å². The first-order valence-corrected chi connectivity index (χ1v) is 8.95. The summed E-state index contributed by atoms with van der Waals surface area (Å²) >= 11 is 6.03. The Morgan fingerprint density at radius 3 is 2.67 bits per heavy atom. The van der Waals surface area contributed by atoms with Gasteiger partial charge in [0, 0.05) is 18.2 Å². The van der Waals surface area contributed by atoms with Crippen LogP contribution in [-0.4, -0.2) is 31.0 Å². The number of aromatic nitrogens is 1. The maximum Gasteiger partial charge on any atom is 0.256 e. The molecule has 1 aliphatic heterocycles. The van der Waals surface area contributed by atoms with Gasteiger partial charge in [0.05, 0.1) is 16.5 Å². The number of benzene rings is 1. The fraction of sp³-hybridized carbons (Fsp3) is 0.133. The molecule has 0 saturated carbocycles. The van der Waals surface area contributed by atoms with Crippen LogP contribution in [0.2, 0.25) is 5.02 Å². The van der Waals surface area contributed by atoms with Crippen molar-refractivity contribution in [2.75, 3.05) is 15.4 Å². The van der Waals surface area contributed by atoms with Crippen LogP contribution >= 0.6 is 11.6 Å². The molecule has 1 aromatic carbocycles. The average molecular weight is 366 g/mol. The van der Waals surface area contributed by atoms with Crippen LogP contribution in [0.3, 0.4) is 0 Å². The highest BCUT2D eigenvalue weighted by atomic mass is 35.5. The van der Waals surface area contributed by atoms with Gasteiger partial charge in [0.1, 0.15) is 5.82 Å². The van der Waals surface area contributed by atoms with E-state index in [9.17, 15) is 18.0 Å². The molecule has 9 heteroatoms. The molecule has 0 atom stereocenters. The summed E-state index contributed by atoms with van der Waals surface area (Å²) in [5, 5.41) is 2.65. The number of carbonyl (C=O) groups is 2. The average Bonchev–Trinajstić information content (AvgIpc) is 2.82.